The summed E-state index contributed by atoms with van der Waals surface area (Å²) in [5.74, 6) is 0.690. The van der Waals surface area contributed by atoms with E-state index in [1.165, 1.54) is 13.2 Å². The lowest BCUT2D eigenvalue weighted by Crippen LogP contribution is -2.14. The fourth-order valence-electron chi connectivity index (χ4n) is 2.97. The number of nitro groups is 1. The van der Waals surface area contributed by atoms with Gasteiger partial charge in [0.05, 0.1) is 24.7 Å². The minimum atomic E-state index is -0.978. The fourth-order valence-corrected chi connectivity index (χ4v) is 2.97. The van der Waals surface area contributed by atoms with Crippen LogP contribution < -0.4 is 4.74 Å². The Hall–Kier alpha value is -3.87. The Kier molecular flexibility index (Phi) is 6.09. The average molecular weight is 393 g/mol. The lowest BCUT2D eigenvalue weighted by atomic mass is 9.96. The number of ether oxygens (including phenoxy) is 3. The van der Waals surface area contributed by atoms with Crippen LogP contribution in [0.2, 0.25) is 0 Å². The summed E-state index contributed by atoms with van der Waals surface area (Å²) in [4.78, 5) is 23.1. The molecule has 3 aromatic carbocycles. The van der Waals surface area contributed by atoms with Crippen molar-refractivity contribution in [3.8, 4) is 16.9 Å². The van der Waals surface area contributed by atoms with E-state index in [0.717, 1.165) is 5.56 Å². The summed E-state index contributed by atoms with van der Waals surface area (Å²) in [6.45, 7) is 0. The smallest absolute Gasteiger partial charge is 0.497 e. The lowest BCUT2D eigenvalue weighted by molar-refractivity contribution is -0.386. The SMILES string of the molecule is COC(=O)OC(c1ccccc1)c1ccc(-c2ccc(OC)cc2)cc1[N+](=O)[O-]. The molecule has 0 aromatic heterocycles. The first-order valence-corrected chi connectivity index (χ1v) is 8.75. The van der Waals surface area contributed by atoms with Crippen molar-refractivity contribution >= 4 is 11.8 Å². The average Bonchev–Trinajstić information content (AvgIpc) is 2.77. The second-order valence-electron chi connectivity index (χ2n) is 6.12. The lowest BCUT2D eigenvalue weighted by Gasteiger charge is -2.18. The van der Waals surface area contributed by atoms with Gasteiger partial charge in [-0.15, -0.1) is 0 Å². The molecule has 0 spiro atoms. The summed E-state index contributed by atoms with van der Waals surface area (Å²) >= 11 is 0. The van der Waals surface area contributed by atoms with Crippen molar-refractivity contribution in [3.63, 3.8) is 0 Å². The molecule has 0 heterocycles. The van der Waals surface area contributed by atoms with Gasteiger partial charge in [-0.1, -0.05) is 48.5 Å². The Morgan fingerprint density at radius 1 is 0.931 bits per heavy atom. The van der Waals surface area contributed by atoms with Crippen LogP contribution in [0.5, 0.6) is 5.75 Å². The second-order valence-corrected chi connectivity index (χ2v) is 6.12. The summed E-state index contributed by atoms with van der Waals surface area (Å²) < 4.78 is 15.1. The van der Waals surface area contributed by atoms with Crippen LogP contribution >= 0.6 is 0 Å². The Labute approximate surface area is 167 Å². The zero-order valence-corrected chi connectivity index (χ0v) is 15.9. The third-order valence-corrected chi connectivity index (χ3v) is 4.42. The highest BCUT2D eigenvalue weighted by Gasteiger charge is 2.28. The van der Waals surface area contributed by atoms with Crippen LogP contribution in [-0.4, -0.2) is 25.3 Å². The van der Waals surface area contributed by atoms with E-state index < -0.39 is 17.2 Å². The summed E-state index contributed by atoms with van der Waals surface area (Å²) in [6, 6.07) is 20.8. The molecule has 29 heavy (non-hydrogen) atoms. The number of carbonyl (C=O) groups excluding carboxylic acids is 1. The molecule has 0 aliphatic carbocycles. The van der Waals surface area contributed by atoms with Gasteiger partial charge in [0.15, 0.2) is 6.10 Å². The summed E-state index contributed by atoms with van der Waals surface area (Å²) in [7, 11) is 2.76. The van der Waals surface area contributed by atoms with Gasteiger partial charge in [-0.2, -0.15) is 0 Å². The predicted octanol–water partition coefficient (Wildman–Crippen LogP) is 5.14. The molecular weight excluding hydrogens is 374 g/mol. The molecule has 3 rings (SSSR count). The van der Waals surface area contributed by atoms with Crippen molar-refractivity contribution in [1.29, 1.82) is 0 Å². The van der Waals surface area contributed by atoms with Crippen molar-refractivity contribution in [2.45, 2.75) is 6.10 Å². The normalized spacial score (nSPS) is 11.4. The van der Waals surface area contributed by atoms with Gasteiger partial charge < -0.3 is 14.2 Å². The molecule has 148 valence electrons. The summed E-state index contributed by atoms with van der Waals surface area (Å²) in [6.07, 6.45) is -1.90. The molecule has 0 N–H and O–H groups in total. The Bertz CT molecular complexity index is 1000. The molecule has 0 saturated carbocycles. The molecule has 3 aromatic rings. The van der Waals surface area contributed by atoms with Gasteiger partial charge in [0.25, 0.3) is 5.69 Å². The van der Waals surface area contributed by atoms with Crippen LogP contribution in [0.4, 0.5) is 10.5 Å². The van der Waals surface area contributed by atoms with Gasteiger partial charge in [-0.3, -0.25) is 10.1 Å². The second kappa shape index (κ2) is 8.88. The molecule has 0 saturated heterocycles. The van der Waals surface area contributed by atoms with Crippen LogP contribution in [-0.2, 0) is 9.47 Å². The minimum absolute atomic E-state index is 0.156. The van der Waals surface area contributed by atoms with Crippen molar-refractivity contribution < 1.29 is 23.9 Å². The molecule has 0 aliphatic rings. The number of benzene rings is 3. The monoisotopic (exact) mass is 393 g/mol. The molecule has 7 nitrogen and oxygen atoms in total. The van der Waals surface area contributed by atoms with Gasteiger partial charge in [-0.25, -0.2) is 4.79 Å². The molecule has 0 fully saturated rings. The van der Waals surface area contributed by atoms with Gasteiger partial charge in [0.2, 0.25) is 0 Å². The first kappa shape index (κ1) is 19.9. The number of hydrogen-bond acceptors (Lipinski definition) is 6. The highest BCUT2D eigenvalue weighted by molar-refractivity contribution is 5.69. The fraction of sp³-hybridized carbons (Fsp3) is 0.136. The molecule has 1 unspecified atom stereocenters. The number of nitro benzene ring substituents is 1. The molecular formula is C22H19NO6. The van der Waals surface area contributed by atoms with Crippen LogP contribution in [0, 0.1) is 10.1 Å². The number of rotatable bonds is 6. The first-order chi connectivity index (χ1) is 14.0. The number of hydrogen-bond donors (Lipinski definition) is 0. The van der Waals surface area contributed by atoms with E-state index in [0.29, 0.717) is 16.9 Å². The van der Waals surface area contributed by atoms with E-state index in [4.69, 9.17) is 9.47 Å². The Balaban J connectivity index is 2.08. The maximum Gasteiger partial charge on any atom is 0.508 e. The molecule has 7 heteroatoms. The van der Waals surface area contributed by atoms with Crippen molar-refractivity contribution in [1.82, 2.24) is 0 Å². The third kappa shape index (κ3) is 4.52. The number of nitrogens with zero attached hydrogens (tertiary/aromatic N) is 1. The van der Waals surface area contributed by atoms with E-state index in [1.807, 2.05) is 12.1 Å². The number of methoxy groups -OCH3 is 2. The van der Waals surface area contributed by atoms with Crippen molar-refractivity contribution in [2.24, 2.45) is 0 Å². The van der Waals surface area contributed by atoms with E-state index in [2.05, 4.69) is 4.74 Å². The summed E-state index contributed by atoms with van der Waals surface area (Å²) in [5, 5.41) is 11.8. The zero-order chi connectivity index (χ0) is 20.8. The standard InChI is InChI=1S/C22H19NO6/c1-27-18-11-8-15(9-12-18)17-10-13-19(20(14-17)23(25)26)21(29-22(24)28-2)16-6-4-3-5-7-16/h3-14,21H,1-2H3. The predicted molar refractivity (Wildman–Crippen MR) is 107 cm³/mol. The van der Waals surface area contributed by atoms with E-state index in [-0.39, 0.29) is 11.3 Å². The summed E-state index contributed by atoms with van der Waals surface area (Å²) in [5.41, 5.74) is 2.15. The van der Waals surface area contributed by atoms with Gasteiger partial charge in [0.1, 0.15) is 5.75 Å². The van der Waals surface area contributed by atoms with Crippen molar-refractivity contribution in [2.75, 3.05) is 14.2 Å². The van der Waals surface area contributed by atoms with Crippen molar-refractivity contribution in [3.05, 3.63) is 94.0 Å². The van der Waals surface area contributed by atoms with Crippen LogP contribution in [0.25, 0.3) is 11.1 Å². The largest absolute Gasteiger partial charge is 0.508 e. The molecule has 0 radical (unpaired) electrons. The van der Waals surface area contributed by atoms with Crippen LogP contribution in [0.15, 0.2) is 72.8 Å². The van der Waals surface area contributed by atoms with E-state index in [1.54, 1.807) is 61.7 Å². The van der Waals surface area contributed by atoms with Gasteiger partial charge in [-0.05, 0) is 34.9 Å². The first-order valence-electron chi connectivity index (χ1n) is 8.75. The molecule has 1 atom stereocenters. The zero-order valence-electron chi connectivity index (χ0n) is 15.9. The Morgan fingerprint density at radius 2 is 1.59 bits per heavy atom. The van der Waals surface area contributed by atoms with Crippen LogP contribution in [0.1, 0.15) is 17.2 Å². The van der Waals surface area contributed by atoms with Gasteiger partial charge in [0, 0.05) is 6.07 Å². The highest BCUT2D eigenvalue weighted by atomic mass is 16.7. The third-order valence-electron chi connectivity index (χ3n) is 4.42. The maximum absolute atomic E-state index is 11.8. The van der Waals surface area contributed by atoms with Crippen LogP contribution in [0.3, 0.4) is 0 Å². The molecule has 0 bridgehead atoms. The van der Waals surface area contributed by atoms with Gasteiger partial charge >= 0.3 is 6.16 Å². The highest BCUT2D eigenvalue weighted by Crippen LogP contribution is 2.36. The minimum Gasteiger partial charge on any atom is -0.497 e. The topological polar surface area (TPSA) is 87.9 Å². The van der Waals surface area contributed by atoms with E-state index in [9.17, 15) is 14.9 Å². The molecule has 0 aliphatic heterocycles. The maximum atomic E-state index is 11.8. The van der Waals surface area contributed by atoms with E-state index >= 15 is 0 Å². The number of carbonyl (C=O) groups is 1. The Morgan fingerprint density at radius 3 is 2.17 bits per heavy atom. The molecule has 0 amide bonds. The quantitative estimate of drug-likeness (QED) is 0.327.